The van der Waals surface area contributed by atoms with E-state index in [-0.39, 0.29) is 47.0 Å². The largest absolute Gasteiger partial charge is 0.478 e. The fourth-order valence-electron chi connectivity index (χ4n) is 3.57. The van der Waals surface area contributed by atoms with Gasteiger partial charge in [0.2, 0.25) is 0 Å². The quantitative estimate of drug-likeness (QED) is 0.126. The number of urea groups is 1. The molecule has 4 rings (SSSR count). The monoisotopic (exact) mass is 634 g/mol. The molecule has 4 aromatic rings. The Hall–Kier alpha value is -6.07. The fourth-order valence-corrected chi connectivity index (χ4v) is 3.57. The van der Waals surface area contributed by atoms with Gasteiger partial charge in [-0.3, -0.25) is 10.1 Å². The molecule has 18 heteroatoms. The highest BCUT2D eigenvalue weighted by Crippen LogP contribution is 2.34. The first-order chi connectivity index (χ1) is 20.6. The molecule has 0 spiro atoms. The molecule has 3 amide bonds. The summed E-state index contributed by atoms with van der Waals surface area (Å²) in [6.07, 6.45) is -1.26. The first-order valence-corrected chi connectivity index (χ1v) is 12.1. The lowest BCUT2D eigenvalue weighted by Gasteiger charge is -2.11. The molecule has 0 atom stereocenters. The van der Waals surface area contributed by atoms with Crippen molar-refractivity contribution in [2.24, 2.45) is 0 Å². The number of hydrogen-bond donors (Lipinski definition) is 6. The lowest BCUT2D eigenvalue weighted by atomic mass is 10.0. The highest BCUT2D eigenvalue weighted by atomic mass is 19.4. The summed E-state index contributed by atoms with van der Waals surface area (Å²) in [5.41, 5.74) is 6.38. The lowest BCUT2D eigenvalue weighted by Crippen LogP contribution is -2.33. The lowest BCUT2D eigenvalue weighted by molar-refractivity contribution is -0.134. The van der Waals surface area contributed by atoms with Gasteiger partial charge in [-0.05, 0) is 36.8 Å². The van der Waals surface area contributed by atoms with E-state index in [1.807, 2.05) is 0 Å². The predicted octanol–water partition coefficient (Wildman–Crippen LogP) is 4.11. The van der Waals surface area contributed by atoms with Gasteiger partial charge in [0.05, 0.1) is 11.3 Å². The van der Waals surface area contributed by atoms with Crippen molar-refractivity contribution in [1.82, 2.24) is 24.9 Å². The van der Waals surface area contributed by atoms with Gasteiger partial charge in [0.1, 0.15) is 30.0 Å². The number of aryl methyl sites for hydroxylation is 1. The number of anilines is 3. The summed E-state index contributed by atoms with van der Waals surface area (Å²) in [7, 11) is 0. The number of nitrogen functional groups attached to an aromatic ring is 1. The average molecular weight is 635 g/mol. The minimum atomic E-state index is -4.64. The van der Waals surface area contributed by atoms with Crippen LogP contribution in [0, 0.1) is 12.7 Å². The molecule has 3 aromatic heterocycles. The van der Waals surface area contributed by atoms with Gasteiger partial charge in [0, 0.05) is 29.6 Å². The van der Waals surface area contributed by atoms with E-state index < -0.39 is 42.4 Å². The van der Waals surface area contributed by atoms with Gasteiger partial charge in [-0.15, -0.1) is 0 Å². The summed E-state index contributed by atoms with van der Waals surface area (Å²) < 4.78 is 54.0. The maximum atomic E-state index is 15.0. The molecule has 1 aromatic carbocycles. The zero-order valence-electron chi connectivity index (χ0n) is 22.4. The van der Waals surface area contributed by atoms with E-state index in [0.29, 0.717) is 17.8 Å². The van der Waals surface area contributed by atoms with Crippen molar-refractivity contribution in [3.8, 4) is 11.1 Å². The average Bonchev–Trinajstić information content (AvgIpc) is 3.33. The van der Waals surface area contributed by atoms with Crippen LogP contribution in [0.1, 0.15) is 23.5 Å². The summed E-state index contributed by atoms with van der Waals surface area (Å²) in [5, 5.41) is 26.1. The predicted molar refractivity (Wildman–Crippen MR) is 154 cm³/mol. The number of aromatic nitrogens is 4. The van der Waals surface area contributed by atoms with Crippen LogP contribution in [0.5, 0.6) is 0 Å². The fraction of sp³-hybridized carbons (Fsp3) is 0.148. The van der Waals surface area contributed by atoms with E-state index in [1.165, 1.54) is 18.3 Å². The van der Waals surface area contributed by atoms with Gasteiger partial charge in [-0.2, -0.15) is 18.3 Å². The third-order valence-electron chi connectivity index (χ3n) is 5.30. The molecule has 3 heterocycles. The van der Waals surface area contributed by atoms with Crippen LogP contribution in [0.4, 0.5) is 39.7 Å². The Morgan fingerprint density at radius 1 is 1.04 bits per heavy atom. The second-order valence-corrected chi connectivity index (χ2v) is 8.60. The summed E-state index contributed by atoms with van der Waals surface area (Å²) in [5.74, 6) is -4.28. The van der Waals surface area contributed by atoms with E-state index in [9.17, 15) is 36.7 Å². The smallest absolute Gasteiger partial charge is 0.405 e. The normalized spacial score (nSPS) is 10.8. The Labute approximate surface area is 251 Å². The molecular formula is C27H26F4N8O6. The molecule has 0 aliphatic heterocycles. The van der Waals surface area contributed by atoms with Crippen molar-refractivity contribution in [3.63, 3.8) is 0 Å². The summed E-state index contributed by atoms with van der Waals surface area (Å²) in [6.45, 7) is 0.170. The van der Waals surface area contributed by atoms with Crippen LogP contribution < -0.4 is 21.7 Å². The minimum Gasteiger partial charge on any atom is -0.478 e. The number of nitrogens with two attached hydrogens (primary N) is 1. The van der Waals surface area contributed by atoms with Gasteiger partial charge in [-0.25, -0.2) is 33.3 Å². The molecule has 0 radical (unpaired) electrons. The molecule has 0 aliphatic carbocycles. The van der Waals surface area contributed by atoms with Crippen LogP contribution in [0.2, 0.25) is 0 Å². The molecule has 0 saturated carbocycles. The molecular weight excluding hydrogens is 608 g/mol. The van der Waals surface area contributed by atoms with Gasteiger partial charge in [0.25, 0.3) is 5.91 Å². The SMILES string of the molecule is C.Cc1cccc(NC(=O)Nc2ccc(-c3c(C(=O)NCC(F)(F)F)cn4ncnc(N)c34)cc2F)n1.O=C(O)/C=C/C(=O)O. The van der Waals surface area contributed by atoms with Crippen molar-refractivity contribution < 1.29 is 47.0 Å². The summed E-state index contributed by atoms with van der Waals surface area (Å²) in [4.78, 5) is 51.9. The van der Waals surface area contributed by atoms with Crippen LogP contribution >= 0.6 is 0 Å². The number of carbonyl (C=O) groups is 4. The number of carboxylic acid groups (broad SMARTS) is 2. The van der Waals surface area contributed by atoms with E-state index in [1.54, 1.807) is 30.4 Å². The molecule has 0 saturated heterocycles. The number of nitrogens with one attached hydrogen (secondary N) is 3. The number of alkyl halides is 3. The zero-order chi connectivity index (χ0) is 32.6. The number of benzene rings is 1. The van der Waals surface area contributed by atoms with Gasteiger partial charge < -0.3 is 26.6 Å². The maximum absolute atomic E-state index is 15.0. The molecule has 0 bridgehead atoms. The summed E-state index contributed by atoms with van der Waals surface area (Å²) >= 11 is 0. The molecule has 14 nitrogen and oxygen atoms in total. The van der Waals surface area contributed by atoms with Crippen LogP contribution in [0.3, 0.4) is 0 Å². The van der Waals surface area contributed by atoms with Crippen LogP contribution in [0.25, 0.3) is 16.6 Å². The Morgan fingerprint density at radius 2 is 1.71 bits per heavy atom. The highest BCUT2D eigenvalue weighted by molar-refractivity contribution is 6.07. The Kier molecular flexibility index (Phi) is 11.6. The third kappa shape index (κ3) is 10.0. The van der Waals surface area contributed by atoms with Gasteiger partial charge >= 0.3 is 24.1 Å². The molecule has 7 N–H and O–H groups in total. The Balaban J connectivity index is 0.000000693. The number of rotatable bonds is 7. The maximum Gasteiger partial charge on any atom is 0.405 e. The van der Waals surface area contributed by atoms with Gasteiger partial charge in [0.15, 0.2) is 5.82 Å². The molecule has 0 fully saturated rings. The number of pyridine rings is 1. The molecule has 0 unspecified atom stereocenters. The second kappa shape index (κ2) is 14.9. The minimum absolute atomic E-state index is 0. The van der Waals surface area contributed by atoms with Crippen molar-refractivity contribution in [2.75, 3.05) is 22.9 Å². The van der Waals surface area contributed by atoms with Crippen LogP contribution in [0.15, 0.2) is 61.1 Å². The standard InChI is InChI=1S/C22H18F4N8O2.C4H4O4.CH4/c1-11-3-2-4-16(31-11)33-21(36)32-15-6-5-12(7-14(15)23)17-13(20(35)28-9-22(24,25)26)8-34-18(17)19(27)29-10-30-34;5-3(6)1-2-4(7)8;/h2-8,10H,9H2,1H3,(H,28,35)(H2,27,29,30)(H2,31,32,33,36);1-2H,(H,5,6)(H,7,8);1H4/b;2-1+;. The highest BCUT2D eigenvalue weighted by Gasteiger charge is 2.30. The van der Waals surface area contributed by atoms with E-state index >= 15 is 0 Å². The number of carbonyl (C=O) groups excluding carboxylic acids is 2. The van der Waals surface area contributed by atoms with Crippen LogP contribution in [-0.2, 0) is 9.59 Å². The second-order valence-electron chi connectivity index (χ2n) is 8.60. The molecule has 45 heavy (non-hydrogen) atoms. The van der Waals surface area contributed by atoms with E-state index in [4.69, 9.17) is 15.9 Å². The van der Waals surface area contributed by atoms with Crippen LogP contribution in [-0.4, -0.2) is 66.4 Å². The number of nitrogens with zero attached hydrogens (tertiary/aromatic N) is 4. The van der Waals surface area contributed by atoms with E-state index in [0.717, 1.165) is 16.9 Å². The van der Waals surface area contributed by atoms with E-state index in [2.05, 4.69) is 25.7 Å². The number of aliphatic carboxylic acids is 2. The topological polar surface area (TPSA) is 214 Å². The molecule has 0 aliphatic rings. The number of fused-ring (bicyclic) bond motifs is 1. The zero-order valence-corrected chi connectivity index (χ0v) is 22.4. The molecule has 238 valence electrons. The van der Waals surface area contributed by atoms with Gasteiger partial charge in [-0.1, -0.05) is 19.6 Å². The van der Waals surface area contributed by atoms with Crippen molar-refractivity contribution >= 4 is 46.7 Å². The van der Waals surface area contributed by atoms with Crippen molar-refractivity contribution in [3.05, 3.63) is 78.1 Å². The summed E-state index contributed by atoms with van der Waals surface area (Å²) in [6, 6.07) is 7.83. The first-order valence-electron chi connectivity index (χ1n) is 12.1. The number of halogens is 4. The number of amides is 3. The van der Waals surface area contributed by atoms with Crippen molar-refractivity contribution in [1.29, 1.82) is 0 Å². The Bertz CT molecular complexity index is 1740. The Morgan fingerprint density at radius 3 is 2.29 bits per heavy atom. The number of carboxylic acids is 2. The van der Waals surface area contributed by atoms with Crippen molar-refractivity contribution in [2.45, 2.75) is 20.5 Å². The first kappa shape index (κ1) is 35.1. The number of hydrogen-bond acceptors (Lipinski definition) is 8. The third-order valence-corrected chi connectivity index (χ3v) is 5.30.